The van der Waals surface area contributed by atoms with Gasteiger partial charge < -0.3 is 14.6 Å². The molecule has 0 unspecified atom stereocenters. The van der Waals surface area contributed by atoms with Gasteiger partial charge in [0.2, 0.25) is 10.0 Å². The van der Waals surface area contributed by atoms with E-state index in [1.54, 1.807) is 30.3 Å². The molecule has 0 spiro atoms. The molecule has 3 aromatic carbocycles. The number of ether oxygens (including phenoxy) is 2. The fourth-order valence-corrected chi connectivity index (χ4v) is 6.80. The van der Waals surface area contributed by atoms with Crippen LogP contribution in [-0.2, 0) is 32.6 Å². The van der Waals surface area contributed by atoms with Crippen LogP contribution in [0.25, 0.3) is 0 Å². The zero-order chi connectivity index (χ0) is 28.7. The minimum atomic E-state index is -3.59. The summed E-state index contributed by atoms with van der Waals surface area (Å²) >= 11 is 0. The summed E-state index contributed by atoms with van der Waals surface area (Å²) in [5, 5.41) is 9.49. The first kappa shape index (κ1) is 29.6. The highest BCUT2D eigenvalue weighted by atomic mass is 32.2. The molecule has 7 nitrogen and oxygen atoms in total. The van der Waals surface area contributed by atoms with Crippen molar-refractivity contribution in [3.05, 3.63) is 114 Å². The third-order valence-electron chi connectivity index (χ3n) is 8.03. The zero-order valence-electron chi connectivity index (χ0n) is 23.4. The van der Waals surface area contributed by atoms with Crippen molar-refractivity contribution in [3.8, 4) is 0 Å². The minimum Gasteiger partial charge on any atom is -0.392 e. The van der Waals surface area contributed by atoms with Crippen LogP contribution in [0.1, 0.15) is 66.8 Å². The van der Waals surface area contributed by atoms with Gasteiger partial charge >= 0.3 is 0 Å². The van der Waals surface area contributed by atoms with E-state index in [9.17, 15) is 13.5 Å². The summed E-state index contributed by atoms with van der Waals surface area (Å²) in [4.78, 5) is 2.74. The molecule has 3 aromatic rings. The molecule has 0 amide bonds. The summed E-state index contributed by atoms with van der Waals surface area (Å²) in [5.74, 6) is 0. The number of aliphatic hydroxyl groups excluding tert-OH is 1. The summed E-state index contributed by atoms with van der Waals surface area (Å²) in [7, 11) is -3.59. The number of benzene rings is 3. The number of nitrogens with one attached hydrogen (secondary N) is 1. The van der Waals surface area contributed by atoms with Gasteiger partial charge in [-0.2, -0.15) is 0 Å². The number of rotatable bonds is 12. The molecule has 218 valence electrons. The second-order valence-electron chi connectivity index (χ2n) is 10.9. The van der Waals surface area contributed by atoms with E-state index in [4.69, 9.17) is 9.47 Å². The normalized spacial score (nSPS) is 21.8. The van der Waals surface area contributed by atoms with Gasteiger partial charge in [0.05, 0.1) is 23.7 Å². The molecular weight excluding hydrogens is 536 g/mol. The van der Waals surface area contributed by atoms with Gasteiger partial charge in [-0.25, -0.2) is 13.1 Å². The highest BCUT2D eigenvalue weighted by Crippen LogP contribution is 2.39. The maximum Gasteiger partial charge on any atom is 0.240 e. The van der Waals surface area contributed by atoms with Gasteiger partial charge in [0.25, 0.3) is 0 Å². The van der Waals surface area contributed by atoms with E-state index >= 15 is 0 Å². The number of sulfonamides is 1. The topological polar surface area (TPSA) is 88.1 Å². The van der Waals surface area contributed by atoms with Crippen molar-refractivity contribution in [2.75, 3.05) is 13.1 Å². The predicted octanol–water partition coefficient (Wildman–Crippen LogP) is 5.63. The van der Waals surface area contributed by atoms with Crippen LogP contribution in [0.3, 0.4) is 0 Å². The van der Waals surface area contributed by atoms with Gasteiger partial charge in [0.1, 0.15) is 0 Å². The molecule has 1 aliphatic heterocycles. The monoisotopic (exact) mass is 576 g/mol. The maximum absolute atomic E-state index is 12.6. The quantitative estimate of drug-likeness (QED) is 0.272. The maximum atomic E-state index is 12.6. The van der Waals surface area contributed by atoms with Crippen molar-refractivity contribution < 1.29 is 23.0 Å². The molecular formula is C33H40N2O5S. The molecule has 0 radical (unpaired) electrons. The Balaban J connectivity index is 1.31. The van der Waals surface area contributed by atoms with E-state index in [1.807, 2.05) is 54.6 Å². The summed E-state index contributed by atoms with van der Waals surface area (Å²) in [6, 6.07) is 24.6. The lowest BCUT2D eigenvalue weighted by molar-refractivity contribution is -0.253. The molecule has 41 heavy (non-hydrogen) atoms. The average Bonchev–Trinajstić information content (AvgIpc) is 3.56. The van der Waals surface area contributed by atoms with Crippen molar-refractivity contribution in [1.29, 1.82) is 0 Å². The van der Waals surface area contributed by atoms with Crippen LogP contribution < -0.4 is 4.72 Å². The Morgan fingerprint density at radius 1 is 0.902 bits per heavy atom. The largest absolute Gasteiger partial charge is 0.392 e. The van der Waals surface area contributed by atoms with Crippen molar-refractivity contribution in [1.82, 2.24) is 9.62 Å². The van der Waals surface area contributed by atoms with Crippen LogP contribution in [-0.4, -0.2) is 43.7 Å². The average molecular weight is 577 g/mol. The lowest BCUT2D eigenvalue weighted by Crippen LogP contribution is -2.43. The van der Waals surface area contributed by atoms with Gasteiger partial charge in [-0.15, -0.1) is 6.58 Å². The highest BCUT2D eigenvalue weighted by molar-refractivity contribution is 7.89. The molecule has 1 saturated carbocycles. The Morgan fingerprint density at radius 2 is 1.56 bits per heavy atom. The smallest absolute Gasteiger partial charge is 0.240 e. The van der Waals surface area contributed by atoms with Gasteiger partial charge in [-0.05, 0) is 41.7 Å². The van der Waals surface area contributed by atoms with Crippen molar-refractivity contribution in [3.63, 3.8) is 0 Å². The molecule has 0 aromatic heterocycles. The Morgan fingerprint density at radius 3 is 2.22 bits per heavy atom. The van der Waals surface area contributed by atoms with Crippen LogP contribution in [0.4, 0.5) is 0 Å². The Labute approximate surface area is 243 Å². The van der Waals surface area contributed by atoms with Crippen LogP contribution >= 0.6 is 0 Å². The molecule has 5 rings (SSSR count). The van der Waals surface area contributed by atoms with Crippen LogP contribution in [0, 0.1) is 0 Å². The fraction of sp³-hybridized carbons (Fsp3) is 0.394. The second-order valence-corrected chi connectivity index (χ2v) is 12.7. The molecule has 0 bridgehead atoms. The van der Waals surface area contributed by atoms with E-state index in [2.05, 4.69) is 16.2 Å². The second kappa shape index (κ2) is 13.9. The molecule has 8 heteroatoms. The third kappa shape index (κ3) is 7.71. The van der Waals surface area contributed by atoms with E-state index in [1.165, 1.54) is 25.7 Å². The summed E-state index contributed by atoms with van der Waals surface area (Å²) in [6.45, 7) is 5.82. The van der Waals surface area contributed by atoms with E-state index < -0.39 is 16.3 Å². The number of aliphatic hydroxyl groups is 1. The fourth-order valence-electron chi connectivity index (χ4n) is 5.76. The number of hydrogen-bond donors (Lipinski definition) is 2. The molecule has 2 fully saturated rings. The first-order valence-electron chi connectivity index (χ1n) is 14.4. The molecule has 2 N–H and O–H groups in total. The van der Waals surface area contributed by atoms with Gasteiger partial charge in [0.15, 0.2) is 6.29 Å². The Hall–Kier alpha value is -2.85. The highest BCUT2D eigenvalue weighted by Gasteiger charge is 2.34. The van der Waals surface area contributed by atoms with Crippen molar-refractivity contribution in [2.45, 2.75) is 74.7 Å². The first-order valence-corrected chi connectivity index (χ1v) is 15.9. The Kier molecular flexibility index (Phi) is 10.0. The lowest BCUT2D eigenvalue weighted by atomic mass is 9.99. The minimum absolute atomic E-state index is 0.00587. The molecule has 1 heterocycles. The zero-order valence-corrected chi connectivity index (χ0v) is 24.2. The van der Waals surface area contributed by atoms with E-state index in [0.29, 0.717) is 6.04 Å². The van der Waals surface area contributed by atoms with E-state index in [-0.39, 0.29) is 30.3 Å². The van der Waals surface area contributed by atoms with Gasteiger partial charge in [-0.3, -0.25) is 4.90 Å². The van der Waals surface area contributed by atoms with Crippen LogP contribution in [0.2, 0.25) is 0 Å². The molecule has 1 aliphatic carbocycles. The van der Waals surface area contributed by atoms with Crippen LogP contribution in [0.15, 0.2) is 96.4 Å². The number of hydrogen-bond acceptors (Lipinski definition) is 6. The summed E-state index contributed by atoms with van der Waals surface area (Å²) in [6.07, 6.45) is 6.92. The van der Waals surface area contributed by atoms with E-state index in [0.717, 1.165) is 41.8 Å². The molecule has 1 saturated heterocycles. The SMILES string of the molecule is C=CCN(C[C@@H]1C[C@H](c2ccc(CO)cc2)O[C@H](c2ccc(CNS(=O)(=O)c3ccccc3)cc2)O1)C1CCCC1. The summed E-state index contributed by atoms with van der Waals surface area (Å²) in [5.41, 5.74) is 3.65. The van der Waals surface area contributed by atoms with Crippen molar-refractivity contribution >= 4 is 10.0 Å². The third-order valence-corrected chi connectivity index (χ3v) is 9.45. The van der Waals surface area contributed by atoms with Gasteiger partial charge in [-0.1, -0.05) is 85.6 Å². The first-order chi connectivity index (χ1) is 19.9. The van der Waals surface area contributed by atoms with Crippen LogP contribution in [0.5, 0.6) is 0 Å². The van der Waals surface area contributed by atoms with Crippen molar-refractivity contribution in [2.24, 2.45) is 0 Å². The summed E-state index contributed by atoms with van der Waals surface area (Å²) < 4.78 is 41.0. The molecule has 2 aliphatic rings. The van der Waals surface area contributed by atoms with Gasteiger partial charge in [0, 0.05) is 37.7 Å². The standard InChI is InChI=1S/C33H40N2O5S/c1-2-20-35(29-8-6-7-9-29)23-30-21-32(27-16-14-26(24-36)15-17-27)40-33(39-30)28-18-12-25(13-19-28)22-34-41(37,38)31-10-4-3-5-11-31/h2-5,10-19,29-30,32-34,36H,1,6-9,20-24H2/t30-,32+,33+/m0/s1. The Bertz CT molecular complexity index is 1360. The lowest BCUT2D eigenvalue weighted by Gasteiger charge is -2.39. The predicted molar refractivity (Wildman–Crippen MR) is 159 cm³/mol. The number of nitrogens with zero attached hydrogens (tertiary/aromatic N) is 1. The molecule has 3 atom stereocenters.